The fraction of sp³-hybridized carbons (Fsp3) is 0.105. The van der Waals surface area contributed by atoms with Gasteiger partial charge in [0, 0.05) is 21.8 Å². The van der Waals surface area contributed by atoms with Gasteiger partial charge in [0.05, 0.1) is 17.6 Å². The summed E-state index contributed by atoms with van der Waals surface area (Å²) in [7, 11) is 0. The molecule has 0 fully saturated rings. The van der Waals surface area contributed by atoms with E-state index >= 15 is 0 Å². The lowest BCUT2D eigenvalue weighted by Crippen LogP contribution is -2.26. The van der Waals surface area contributed by atoms with Crippen molar-refractivity contribution in [3.63, 3.8) is 0 Å². The minimum atomic E-state index is -0.260. The SMILES string of the molecule is O=C(CCn1nnc2ccccc2c1=O)Nc1nc(-c2cccc(Br)c2)cs1. The maximum absolute atomic E-state index is 12.4. The molecule has 0 aliphatic rings. The molecular weight excluding hydrogens is 442 g/mol. The highest BCUT2D eigenvalue weighted by Gasteiger charge is 2.10. The molecule has 0 unspecified atom stereocenters. The molecule has 0 aliphatic carbocycles. The second-order valence-electron chi connectivity index (χ2n) is 5.98. The average Bonchev–Trinajstić information content (AvgIpc) is 3.16. The molecule has 4 aromatic rings. The second-order valence-corrected chi connectivity index (χ2v) is 7.76. The lowest BCUT2D eigenvalue weighted by atomic mass is 10.2. The minimum absolute atomic E-state index is 0.0960. The number of hydrogen-bond donors (Lipinski definition) is 1. The van der Waals surface area contributed by atoms with E-state index in [9.17, 15) is 9.59 Å². The topological polar surface area (TPSA) is 89.8 Å². The number of amides is 1. The summed E-state index contributed by atoms with van der Waals surface area (Å²) in [5.74, 6) is -0.239. The van der Waals surface area contributed by atoms with E-state index in [1.165, 1.54) is 16.0 Å². The van der Waals surface area contributed by atoms with Crippen molar-refractivity contribution in [1.82, 2.24) is 20.0 Å². The van der Waals surface area contributed by atoms with Gasteiger partial charge in [0.1, 0.15) is 5.52 Å². The second kappa shape index (κ2) is 7.99. The lowest BCUT2D eigenvalue weighted by Gasteiger charge is -2.05. The monoisotopic (exact) mass is 455 g/mol. The van der Waals surface area contributed by atoms with Crippen LogP contribution in [0.25, 0.3) is 22.2 Å². The van der Waals surface area contributed by atoms with Crippen LogP contribution in [0.15, 0.2) is 63.2 Å². The van der Waals surface area contributed by atoms with Crippen LogP contribution in [0, 0.1) is 0 Å². The maximum atomic E-state index is 12.4. The number of anilines is 1. The molecule has 2 aromatic carbocycles. The van der Waals surface area contributed by atoms with Crippen molar-refractivity contribution in [1.29, 1.82) is 0 Å². The van der Waals surface area contributed by atoms with E-state index in [0.29, 0.717) is 16.0 Å². The molecular formula is C19H14BrN5O2S. The van der Waals surface area contributed by atoms with Gasteiger partial charge in [-0.2, -0.15) is 0 Å². The third-order valence-corrected chi connectivity index (χ3v) is 5.30. The van der Waals surface area contributed by atoms with Crippen LogP contribution in [-0.2, 0) is 11.3 Å². The number of rotatable bonds is 5. The molecule has 2 aromatic heterocycles. The van der Waals surface area contributed by atoms with Gasteiger partial charge in [0.15, 0.2) is 5.13 Å². The summed E-state index contributed by atoms with van der Waals surface area (Å²) >= 11 is 4.79. The van der Waals surface area contributed by atoms with Crippen LogP contribution in [0.1, 0.15) is 6.42 Å². The van der Waals surface area contributed by atoms with Crippen LogP contribution in [0.5, 0.6) is 0 Å². The lowest BCUT2D eigenvalue weighted by molar-refractivity contribution is -0.116. The maximum Gasteiger partial charge on any atom is 0.277 e. The van der Waals surface area contributed by atoms with Crippen molar-refractivity contribution in [3.8, 4) is 11.3 Å². The Morgan fingerprint density at radius 3 is 2.89 bits per heavy atom. The molecule has 0 saturated carbocycles. The minimum Gasteiger partial charge on any atom is -0.302 e. The number of carbonyl (C=O) groups is 1. The Kier molecular flexibility index (Phi) is 5.27. The van der Waals surface area contributed by atoms with Gasteiger partial charge in [0.25, 0.3) is 5.56 Å². The van der Waals surface area contributed by atoms with Crippen LogP contribution >= 0.6 is 27.3 Å². The van der Waals surface area contributed by atoms with Crippen LogP contribution in [-0.4, -0.2) is 25.9 Å². The number of carbonyl (C=O) groups excluding carboxylic acids is 1. The van der Waals surface area contributed by atoms with Crippen molar-refractivity contribution < 1.29 is 4.79 Å². The number of hydrogen-bond acceptors (Lipinski definition) is 6. The van der Waals surface area contributed by atoms with Gasteiger partial charge in [-0.25, -0.2) is 9.67 Å². The zero-order valence-electron chi connectivity index (χ0n) is 14.5. The standard InChI is InChI=1S/C19H14BrN5O2S/c20-13-5-3-4-12(10-13)16-11-28-19(21-16)22-17(26)8-9-25-18(27)14-6-1-2-7-15(14)23-24-25/h1-7,10-11H,8-9H2,(H,21,22,26). The summed E-state index contributed by atoms with van der Waals surface area (Å²) in [6.45, 7) is 0.145. The first-order valence-corrected chi connectivity index (χ1v) is 10.1. The summed E-state index contributed by atoms with van der Waals surface area (Å²) < 4.78 is 2.17. The zero-order chi connectivity index (χ0) is 19.5. The van der Waals surface area contributed by atoms with Crippen molar-refractivity contribution in [2.45, 2.75) is 13.0 Å². The first kappa shape index (κ1) is 18.5. The molecule has 1 amide bonds. The number of nitrogens with one attached hydrogen (secondary N) is 1. The molecule has 28 heavy (non-hydrogen) atoms. The number of benzene rings is 2. The third kappa shape index (κ3) is 4.00. The van der Waals surface area contributed by atoms with E-state index in [4.69, 9.17) is 0 Å². The van der Waals surface area contributed by atoms with Crippen LogP contribution < -0.4 is 10.9 Å². The number of halogens is 1. The molecule has 4 rings (SSSR count). The van der Waals surface area contributed by atoms with Crippen molar-refractivity contribution in [2.24, 2.45) is 0 Å². The average molecular weight is 456 g/mol. The quantitative estimate of drug-likeness (QED) is 0.495. The van der Waals surface area contributed by atoms with Gasteiger partial charge in [0.2, 0.25) is 5.91 Å². The van der Waals surface area contributed by atoms with Crippen molar-refractivity contribution in [3.05, 3.63) is 68.7 Å². The first-order chi connectivity index (χ1) is 13.6. The number of thiazole rings is 1. The zero-order valence-corrected chi connectivity index (χ0v) is 16.9. The third-order valence-electron chi connectivity index (χ3n) is 4.05. The number of aryl methyl sites for hydroxylation is 1. The Hall–Kier alpha value is -2.91. The van der Waals surface area contributed by atoms with Gasteiger partial charge in [-0.3, -0.25) is 9.59 Å². The highest BCUT2D eigenvalue weighted by atomic mass is 79.9. The molecule has 2 heterocycles. The molecule has 0 atom stereocenters. The summed E-state index contributed by atoms with van der Waals surface area (Å²) in [5, 5.41) is 13.6. The Balaban J connectivity index is 1.42. The molecule has 1 N–H and O–H groups in total. The van der Waals surface area contributed by atoms with E-state index in [-0.39, 0.29) is 24.4 Å². The summed E-state index contributed by atoms with van der Waals surface area (Å²) in [4.78, 5) is 29.1. The molecule has 140 valence electrons. The predicted octanol–water partition coefficient (Wildman–Crippen LogP) is 3.71. The van der Waals surface area contributed by atoms with E-state index in [1.807, 2.05) is 29.6 Å². The molecule has 0 radical (unpaired) electrons. The highest BCUT2D eigenvalue weighted by molar-refractivity contribution is 9.10. The van der Waals surface area contributed by atoms with Crippen LogP contribution in [0.2, 0.25) is 0 Å². The molecule has 7 nitrogen and oxygen atoms in total. The Bertz CT molecular complexity index is 1220. The largest absolute Gasteiger partial charge is 0.302 e. The molecule has 0 spiro atoms. The molecule has 0 saturated heterocycles. The smallest absolute Gasteiger partial charge is 0.277 e. The van der Waals surface area contributed by atoms with E-state index in [1.54, 1.807) is 24.3 Å². The van der Waals surface area contributed by atoms with E-state index in [2.05, 4.69) is 36.5 Å². The van der Waals surface area contributed by atoms with Gasteiger partial charge in [-0.05, 0) is 24.3 Å². The molecule has 0 bridgehead atoms. The van der Waals surface area contributed by atoms with Crippen LogP contribution in [0.4, 0.5) is 5.13 Å². The van der Waals surface area contributed by atoms with Gasteiger partial charge in [-0.1, -0.05) is 45.4 Å². The van der Waals surface area contributed by atoms with E-state index in [0.717, 1.165) is 15.7 Å². The fourth-order valence-corrected chi connectivity index (χ4v) is 3.81. The van der Waals surface area contributed by atoms with Crippen LogP contribution in [0.3, 0.4) is 0 Å². The van der Waals surface area contributed by atoms with E-state index < -0.39 is 0 Å². The Morgan fingerprint density at radius 1 is 1.18 bits per heavy atom. The van der Waals surface area contributed by atoms with Gasteiger partial charge >= 0.3 is 0 Å². The van der Waals surface area contributed by atoms with Gasteiger partial charge < -0.3 is 5.32 Å². The Labute approximate surface area is 172 Å². The highest BCUT2D eigenvalue weighted by Crippen LogP contribution is 2.26. The number of aromatic nitrogens is 4. The number of nitrogens with zero attached hydrogens (tertiary/aromatic N) is 4. The van der Waals surface area contributed by atoms with Crippen molar-refractivity contribution >= 4 is 49.2 Å². The Morgan fingerprint density at radius 2 is 2.04 bits per heavy atom. The van der Waals surface area contributed by atoms with Gasteiger partial charge in [-0.15, -0.1) is 16.4 Å². The van der Waals surface area contributed by atoms with Crippen molar-refractivity contribution in [2.75, 3.05) is 5.32 Å². The first-order valence-electron chi connectivity index (χ1n) is 8.44. The molecule has 9 heteroatoms. The fourth-order valence-electron chi connectivity index (χ4n) is 2.67. The normalized spacial score (nSPS) is 10.9. The molecule has 0 aliphatic heterocycles. The summed E-state index contributed by atoms with van der Waals surface area (Å²) in [6.07, 6.45) is 0.0960. The predicted molar refractivity (Wildman–Crippen MR) is 112 cm³/mol. The summed E-state index contributed by atoms with van der Waals surface area (Å²) in [5.41, 5.74) is 2.03. The summed E-state index contributed by atoms with van der Waals surface area (Å²) in [6, 6.07) is 14.8. The number of fused-ring (bicyclic) bond motifs is 1.